The maximum absolute atomic E-state index is 6.22. The number of hydrogen-bond donors (Lipinski definition) is 0. The van der Waals surface area contributed by atoms with Crippen molar-refractivity contribution in [3.8, 4) is 22.8 Å². The number of nitrogens with zero attached hydrogens (tertiary/aromatic N) is 4. The number of fused-ring (bicyclic) bond motifs is 12. The van der Waals surface area contributed by atoms with Crippen LogP contribution in [0.3, 0.4) is 0 Å². The molecule has 246 valence electrons. The third-order valence-corrected chi connectivity index (χ3v) is 10.9. The van der Waals surface area contributed by atoms with Gasteiger partial charge in [-0.05, 0) is 83.6 Å². The molecule has 5 heteroatoms. The summed E-state index contributed by atoms with van der Waals surface area (Å²) in [6, 6.07) is 60.1. The summed E-state index contributed by atoms with van der Waals surface area (Å²) in [6.45, 7) is 0. The fourth-order valence-corrected chi connectivity index (χ4v) is 8.56. The van der Waals surface area contributed by atoms with Crippen LogP contribution in [0.15, 0.2) is 174 Å². The first kappa shape index (κ1) is 28.5. The second kappa shape index (κ2) is 10.6. The fraction of sp³-hybridized carbons (Fsp3) is 0. The second-order valence-corrected chi connectivity index (χ2v) is 13.8. The zero-order valence-corrected chi connectivity index (χ0v) is 28.4. The molecule has 0 atom stereocenters. The molecule has 0 spiro atoms. The van der Waals surface area contributed by atoms with Gasteiger partial charge in [-0.25, -0.2) is 9.97 Å². The average Bonchev–Trinajstić information content (AvgIpc) is 3.87. The molecule has 0 amide bonds. The molecular formula is C48H28N4O. The van der Waals surface area contributed by atoms with Crippen LogP contribution < -0.4 is 0 Å². The van der Waals surface area contributed by atoms with E-state index in [1.807, 2.05) is 36.4 Å². The smallest absolute Gasteiger partial charge is 0.165 e. The molecule has 0 saturated heterocycles. The van der Waals surface area contributed by atoms with Crippen LogP contribution in [-0.2, 0) is 0 Å². The molecule has 0 fully saturated rings. The highest BCUT2D eigenvalue weighted by Gasteiger charge is 2.22. The lowest BCUT2D eigenvalue weighted by molar-refractivity contribution is 0.669. The van der Waals surface area contributed by atoms with Gasteiger partial charge in [0.25, 0.3) is 0 Å². The van der Waals surface area contributed by atoms with Gasteiger partial charge in [-0.3, -0.25) is 4.57 Å². The third-order valence-electron chi connectivity index (χ3n) is 10.9. The summed E-state index contributed by atoms with van der Waals surface area (Å²) in [7, 11) is 0. The molecule has 0 N–H and O–H groups in total. The van der Waals surface area contributed by atoms with Crippen LogP contribution in [0, 0.1) is 0 Å². The highest BCUT2D eigenvalue weighted by atomic mass is 16.3. The van der Waals surface area contributed by atoms with Crippen molar-refractivity contribution in [3.05, 3.63) is 170 Å². The molecule has 5 nitrogen and oxygen atoms in total. The first-order chi connectivity index (χ1) is 26.3. The molecule has 0 radical (unpaired) electrons. The molecule has 0 aliphatic rings. The maximum atomic E-state index is 6.22. The van der Waals surface area contributed by atoms with Gasteiger partial charge in [0, 0.05) is 43.6 Å². The number of aromatic nitrogens is 4. The molecule has 53 heavy (non-hydrogen) atoms. The summed E-state index contributed by atoms with van der Waals surface area (Å²) in [5.41, 5.74) is 10.9. The maximum Gasteiger partial charge on any atom is 0.165 e. The van der Waals surface area contributed by atoms with Gasteiger partial charge in [-0.15, -0.1) is 0 Å². The highest BCUT2D eigenvalue weighted by molar-refractivity contribution is 6.22. The van der Waals surface area contributed by atoms with Crippen molar-refractivity contribution in [2.45, 2.75) is 0 Å². The Kier molecular flexibility index (Phi) is 5.71. The van der Waals surface area contributed by atoms with E-state index in [0.29, 0.717) is 0 Å². The van der Waals surface area contributed by atoms with Crippen molar-refractivity contribution >= 4 is 87.4 Å². The first-order valence-corrected chi connectivity index (χ1v) is 17.9. The van der Waals surface area contributed by atoms with E-state index in [1.54, 1.807) is 0 Å². The summed E-state index contributed by atoms with van der Waals surface area (Å²) in [6.07, 6.45) is 0. The van der Waals surface area contributed by atoms with E-state index in [9.17, 15) is 0 Å². The SMILES string of the molecule is c1ccc2c(c1)ccc1c2c2cc(-n3c4ccccc4c4ccccc43)ccc2n1-c1nc2ccccc2nc1-c1ccc2oc3ccccc3c2c1. The van der Waals surface area contributed by atoms with Crippen LogP contribution in [0.4, 0.5) is 0 Å². The Morgan fingerprint density at radius 3 is 1.83 bits per heavy atom. The number of hydrogen-bond acceptors (Lipinski definition) is 3. The summed E-state index contributed by atoms with van der Waals surface area (Å²) in [4.78, 5) is 10.8. The average molecular weight is 677 g/mol. The number of furan rings is 1. The van der Waals surface area contributed by atoms with Crippen molar-refractivity contribution in [3.63, 3.8) is 0 Å². The van der Waals surface area contributed by atoms with E-state index in [0.717, 1.165) is 72.2 Å². The van der Waals surface area contributed by atoms with Gasteiger partial charge in [-0.2, -0.15) is 0 Å². The van der Waals surface area contributed by atoms with Crippen molar-refractivity contribution in [2.24, 2.45) is 0 Å². The van der Waals surface area contributed by atoms with Crippen molar-refractivity contribution in [1.29, 1.82) is 0 Å². The van der Waals surface area contributed by atoms with E-state index in [4.69, 9.17) is 14.4 Å². The molecule has 12 aromatic rings. The summed E-state index contributed by atoms with van der Waals surface area (Å²) in [5, 5.41) is 9.39. The summed E-state index contributed by atoms with van der Waals surface area (Å²) >= 11 is 0. The number of benzene rings is 8. The zero-order valence-electron chi connectivity index (χ0n) is 28.4. The minimum atomic E-state index is 0.788. The Morgan fingerprint density at radius 1 is 0.396 bits per heavy atom. The Balaban J connectivity index is 1.20. The predicted octanol–water partition coefficient (Wildman–Crippen LogP) is 12.5. The van der Waals surface area contributed by atoms with Crippen molar-refractivity contribution < 1.29 is 4.42 Å². The first-order valence-electron chi connectivity index (χ1n) is 17.9. The fourth-order valence-electron chi connectivity index (χ4n) is 8.56. The quantitative estimate of drug-likeness (QED) is 0.187. The normalized spacial score (nSPS) is 12.2. The minimum Gasteiger partial charge on any atom is -0.456 e. The molecule has 0 saturated carbocycles. The van der Waals surface area contributed by atoms with Crippen molar-refractivity contribution in [1.82, 2.24) is 19.1 Å². The van der Waals surface area contributed by atoms with Crippen LogP contribution in [0.2, 0.25) is 0 Å². The summed E-state index contributed by atoms with van der Waals surface area (Å²) in [5.74, 6) is 0.788. The Bertz CT molecular complexity index is 3420. The van der Waals surface area contributed by atoms with Gasteiger partial charge < -0.3 is 8.98 Å². The standard InChI is InChI=1S/C48H28N4O/c1-2-12-32-29(11-1)21-24-43-46(32)37-28-31(51-40-18-8-3-13-33(40)34-14-4-9-19-41(34)51)23-25-42(37)52(43)48-47(49-38-16-6-7-17-39(38)50-48)30-22-26-45-36(27-30)35-15-5-10-20-44(35)53-45/h1-28H. The topological polar surface area (TPSA) is 48.8 Å². The van der Waals surface area contributed by atoms with Crippen LogP contribution >= 0.6 is 0 Å². The largest absolute Gasteiger partial charge is 0.456 e. The molecule has 4 aromatic heterocycles. The van der Waals surface area contributed by atoms with Gasteiger partial charge >= 0.3 is 0 Å². The van der Waals surface area contributed by atoms with Crippen LogP contribution in [-0.4, -0.2) is 19.1 Å². The van der Waals surface area contributed by atoms with E-state index in [-0.39, 0.29) is 0 Å². The Morgan fingerprint density at radius 2 is 1.02 bits per heavy atom. The number of para-hydroxylation sites is 5. The second-order valence-electron chi connectivity index (χ2n) is 13.8. The van der Waals surface area contributed by atoms with Gasteiger partial charge in [0.15, 0.2) is 5.82 Å². The van der Waals surface area contributed by atoms with E-state index in [1.165, 1.54) is 38.0 Å². The van der Waals surface area contributed by atoms with Gasteiger partial charge in [0.05, 0.1) is 33.1 Å². The Hall–Kier alpha value is -7.24. The third kappa shape index (κ3) is 4.02. The minimum absolute atomic E-state index is 0.788. The lowest BCUT2D eigenvalue weighted by Gasteiger charge is -2.14. The van der Waals surface area contributed by atoms with Crippen LogP contribution in [0.5, 0.6) is 0 Å². The van der Waals surface area contributed by atoms with E-state index in [2.05, 4.69) is 143 Å². The van der Waals surface area contributed by atoms with Crippen LogP contribution in [0.25, 0.3) is 110 Å². The molecule has 8 aromatic carbocycles. The zero-order chi connectivity index (χ0) is 34.6. The van der Waals surface area contributed by atoms with Gasteiger partial charge in [0.1, 0.15) is 16.9 Å². The molecule has 12 rings (SSSR count). The molecule has 0 unspecified atom stereocenters. The molecule has 0 aliphatic heterocycles. The monoisotopic (exact) mass is 676 g/mol. The molecule has 0 bridgehead atoms. The van der Waals surface area contributed by atoms with E-state index >= 15 is 0 Å². The predicted molar refractivity (Wildman–Crippen MR) is 218 cm³/mol. The molecular weight excluding hydrogens is 649 g/mol. The Labute approximate surface area is 302 Å². The molecule has 4 heterocycles. The molecule has 0 aliphatic carbocycles. The lowest BCUT2D eigenvalue weighted by atomic mass is 10.0. The van der Waals surface area contributed by atoms with E-state index < -0.39 is 0 Å². The van der Waals surface area contributed by atoms with Gasteiger partial charge in [-0.1, -0.05) is 97.1 Å². The highest BCUT2D eigenvalue weighted by Crippen LogP contribution is 2.42. The lowest BCUT2D eigenvalue weighted by Crippen LogP contribution is -2.04. The van der Waals surface area contributed by atoms with Crippen LogP contribution in [0.1, 0.15) is 0 Å². The van der Waals surface area contributed by atoms with Crippen molar-refractivity contribution in [2.75, 3.05) is 0 Å². The summed E-state index contributed by atoms with van der Waals surface area (Å²) < 4.78 is 10.9. The number of rotatable bonds is 3. The van der Waals surface area contributed by atoms with Gasteiger partial charge in [0.2, 0.25) is 0 Å².